The molecule has 1 aromatic carbocycles. The number of aryl methyl sites for hydroxylation is 1. The molecule has 2 aliphatic heterocycles. The van der Waals surface area contributed by atoms with Gasteiger partial charge in [0.05, 0.1) is 18.5 Å². The van der Waals surface area contributed by atoms with Crippen LogP contribution < -0.4 is 4.90 Å². The fraction of sp³-hybridized carbons (Fsp3) is 0.444. The normalized spacial score (nSPS) is 20.8. The number of hydrogen-bond acceptors (Lipinski definition) is 4. The molecule has 1 fully saturated rings. The first-order valence-electron chi connectivity index (χ1n) is 8.44. The van der Waals surface area contributed by atoms with Crippen molar-refractivity contribution in [2.45, 2.75) is 12.5 Å². The van der Waals surface area contributed by atoms with Crippen molar-refractivity contribution in [3.8, 4) is 0 Å². The monoisotopic (exact) mass is 326 g/mol. The summed E-state index contributed by atoms with van der Waals surface area (Å²) in [6.45, 7) is 3.70. The van der Waals surface area contributed by atoms with Gasteiger partial charge in [-0.3, -0.25) is 9.48 Å². The molecule has 2 aliphatic rings. The summed E-state index contributed by atoms with van der Waals surface area (Å²) in [4.78, 5) is 17.1. The smallest absolute Gasteiger partial charge is 0.256 e. The molecule has 0 radical (unpaired) electrons. The quantitative estimate of drug-likeness (QED) is 0.837. The number of benzene rings is 1. The molecule has 4 rings (SSSR count). The summed E-state index contributed by atoms with van der Waals surface area (Å²) in [6.07, 6.45) is 4.32. The lowest BCUT2D eigenvalue weighted by Gasteiger charge is -2.37. The van der Waals surface area contributed by atoms with Gasteiger partial charge in [0, 0.05) is 39.4 Å². The van der Waals surface area contributed by atoms with Gasteiger partial charge in [0.25, 0.3) is 5.91 Å². The summed E-state index contributed by atoms with van der Waals surface area (Å²) < 4.78 is 7.62. The van der Waals surface area contributed by atoms with Gasteiger partial charge in [-0.2, -0.15) is 5.10 Å². The molecule has 1 atom stereocenters. The second-order valence-corrected chi connectivity index (χ2v) is 6.38. The molecule has 126 valence electrons. The fourth-order valence-corrected chi connectivity index (χ4v) is 3.52. The van der Waals surface area contributed by atoms with Crippen LogP contribution in [0.4, 0.5) is 5.69 Å². The van der Waals surface area contributed by atoms with E-state index in [0.29, 0.717) is 6.61 Å². The molecule has 1 aromatic heterocycles. The number of rotatable bonds is 2. The van der Waals surface area contributed by atoms with Crippen molar-refractivity contribution in [3.05, 3.63) is 47.8 Å². The van der Waals surface area contributed by atoms with Gasteiger partial charge in [0.2, 0.25) is 0 Å². The van der Waals surface area contributed by atoms with Crippen LogP contribution in [0.25, 0.3) is 0 Å². The molecular weight excluding hydrogens is 304 g/mol. The summed E-state index contributed by atoms with van der Waals surface area (Å²) in [5.41, 5.74) is 3.38. The molecule has 0 aliphatic carbocycles. The number of ether oxygens (including phenoxy) is 1. The van der Waals surface area contributed by atoms with Crippen LogP contribution in [-0.2, 0) is 23.0 Å². The zero-order valence-corrected chi connectivity index (χ0v) is 13.9. The van der Waals surface area contributed by atoms with E-state index in [-0.39, 0.29) is 5.91 Å². The molecule has 0 N–H and O–H groups in total. The molecule has 6 heteroatoms. The van der Waals surface area contributed by atoms with Gasteiger partial charge in [-0.25, -0.2) is 0 Å². The lowest BCUT2D eigenvalue weighted by atomic mass is 9.96. The highest BCUT2D eigenvalue weighted by Gasteiger charge is 2.32. The number of carbonyl (C=O) groups excluding carboxylic acids is 1. The number of fused-ring (bicyclic) bond motifs is 1. The molecule has 0 saturated carbocycles. The first kappa shape index (κ1) is 15.2. The van der Waals surface area contributed by atoms with E-state index in [0.717, 1.165) is 43.9 Å². The molecule has 3 heterocycles. The van der Waals surface area contributed by atoms with Crippen LogP contribution in [0, 0.1) is 0 Å². The van der Waals surface area contributed by atoms with Crippen LogP contribution in [0.3, 0.4) is 0 Å². The van der Waals surface area contributed by atoms with Crippen molar-refractivity contribution in [2.75, 3.05) is 37.7 Å². The Morgan fingerprint density at radius 1 is 1.21 bits per heavy atom. The number of aromatic nitrogens is 2. The number of carbonyl (C=O) groups is 1. The van der Waals surface area contributed by atoms with Crippen molar-refractivity contribution in [2.24, 2.45) is 7.05 Å². The zero-order valence-electron chi connectivity index (χ0n) is 13.9. The topological polar surface area (TPSA) is 50.6 Å². The average molecular weight is 326 g/mol. The van der Waals surface area contributed by atoms with E-state index < -0.39 is 6.10 Å². The Morgan fingerprint density at radius 2 is 2.00 bits per heavy atom. The predicted molar refractivity (Wildman–Crippen MR) is 90.8 cm³/mol. The van der Waals surface area contributed by atoms with E-state index in [1.165, 1.54) is 5.56 Å². The zero-order chi connectivity index (χ0) is 16.5. The standard InChI is InChI=1S/C18H22N4O2/c1-20-13-15(12-19-20)21-7-9-22(10-8-21)18(23)17-16-5-3-2-4-14(16)6-11-24-17/h2-5,12-13,17H,6-11H2,1H3/t17-/m1/s1. The van der Waals surface area contributed by atoms with Crippen LogP contribution >= 0.6 is 0 Å². The summed E-state index contributed by atoms with van der Waals surface area (Å²) in [6, 6.07) is 8.12. The molecule has 2 aromatic rings. The molecule has 6 nitrogen and oxygen atoms in total. The molecule has 1 saturated heterocycles. The maximum absolute atomic E-state index is 12.9. The van der Waals surface area contributed by atoms with Crippen molar-refractivity contribution >= 4 is 11.6 Å². The Bertz CT molecular complexity index is 734. The minimum atomic E-state index is -0.445. The fourth-order valence-electron chi connectivity index (χ4n) is 3.52. The molecule has 0 bridgehead atoms. The van der Waals surface area contributed by atoms with E-state index >= 15 is 0 Å². The molecule has 24 heavy (non-hydrogen) atoms. The minimum Gasteiger partial charge on any atom is -0.365 e. The van der Waals surface area contributed by atoms with Gasteiger partial charge in [-0.05, 0) is 17.5 Å². The maximum atomic E-state index is 12.9. The number of hydrogen-bond donors (Lipinski definition) is 0. The van der Waals surface area contributed by atoms with Crippen LogP contribution in [0.15, 0.2) is 36.7 Å². The lowest BCUT2D eigenvalue weighted by molar-refractivity contribution is -0.145. The molecule has 0 spiro atoms. The van der Waals surface area contributed by atoms with Gasteiger partial charge in [0.1, 0.15) is 0 Å². The van der Waals surface area contributed by atoms with E-state index in [1.54, 1.807) is 4.68 Å². The van der Waals surface area contributed by atoms with Crippen LogP contribution in [-0.4, -0.2) is 53.4 Å². The maximum Gasteiger partial charge on any atom is 0.256 e. The van der Waals surface area contributed by atoms with Gasteiger partial charge in [-0.15, -0.1) is 0 Å². The highest BCUT2D eigenvalue weighted by molar-refractivity contribution is 5.83. The van der Waals surface area contributed by atoms with Gasteiger partial charge in [0.15, 0.2) is 6.10 Å². The Balaban J connectivity index is 1.44. The molecular formula is C18H22N4O2. The third-order valence-corrected chi connectivity index (χ3v) is 4.87. The first-order chi connectivity index (χ1) is 11.7. The Morgan fingerprint density at radius 3 is 2.75 bits per heavy atom. The minimum absolute atomic E-state index is 0.0907. The van der Waals surface area contributed by atoms with E-state index in [9.17, 15) is 4.79 Å². The van der Waals surface area contributed by atoms with Crippen molar-refractivity contribution in [3.63, 3.8) is 0 Å². The molecule has 0 unspecified atom stereocenters. The van der Waals surface area contributed by atoms with Crippen LogP contribution in [0.2, 0.25) is 0 Å². The van der Waals surface area contributed by atoms with Crippen LogP contribution in [0.5, 0.6) is 0 Å². The van der Waals surface area contributed by atoms with Gasteiger partial charge < -0.3 is 14.5 Å². The van der Waals surface area contributed by atoms with Gasteiger partial charge in [-0.1, -0.05) is 24.3 Å². The Kier molecular flexibility index (Phi) is 3.98. The number of piperazine rings is 1. The Hall–Kier alpha value is -2.34. The largest absolute Gasteiger partial charge is 0.365 e. The third-order valence-electron chi connectivity index (χ3n) is 4.87. The van der Waals surface area contributed by atoms with Crippen molar-refractivity contribution in [1.82, 2.24) is 14.7 Å². The van der Waals surface area contributed by atoms with Crippen molar-refractivity contribution in [1.29, 1.82) is 0 Å². The van der Waals surface area contributed by atoms with Gasteiger partial charge >= 0.3 is 0 Å². The number of amides is 1. The SMILES string of the molecule is Cn1cc(N2CCN(C(=O)[C@@H]3OCCc4ccccc43)CC2)cn1. The van der Waals surface area contributed by atoms with E-state index in [4.69, 9.17) is 4.74 Å². The number of anilines is 1. The lowest BCUT2D eigenvalue weighted by Crippen LogP contribution is -2.50. The summed E-state index contributed by atoms with van der Waals surface area (Å²) in [5.74, 6) is 0.0907. The third kappa shape index (κ3) is 2.78. The van der Waals surface area contributed by atoms with Crippen molar-refractivity contribution < 1.29 is 9.53 Å². The first-order valence-corrected chi connectivity index (χ1v) is 8.44. The summed E-state index contributed by atoms with van der Waals surface area (Å²) >= 11 is 0. The highest BCUT2D eigenvalue weighted by Crippen LogP contribution is 2.29. The van der Waals surface area contributed by atoms with E-state index in [2.05, 4.69) is 16.1 Å². The summed E-state index contributed by atoms with van der Waals surface area (Å²) in [7, 11) is 1.92. The second kappa shape index (κ2) is 6.28. The van der Waals surface area contributed by atoms with E-state index in [1.807, 2.05) is 42.5 Å². The number of nitrogens with zero attached hydrogens (tertiary/aromatic N) is 4. The second-order valence-electron chi connectivity index (χ2n) is 6.38. The van der Waals surface area contributed by atoms with Crippen LogP contribution in [0.1, 0.15) is 17.2 Å². The Labute approximate surface area is 141 Å². The molecule has 1 amide bonds. The summed E-state index contributed by atoms with van der Waals surface area (Å²) in [5, 5.41) is 4.22. The highest BCUT2D eigenvalue weighted by atomic mass is 16.5. The average Bonchev–Trinajstić information content (AvgIpc) is 3.07. The predicted octanol–water partition coefficient (Wildman–Crippen LogP) is 1.38.